The molecule has 0 saturated heterocycles. The number of hydrogen-bond acceptors (Lipinski definition) is 2. The number of benzene rings is 2. The fourth-order valence-electron chi connectivity index (χ4n) is 2.38. The highest BCUT2D eigenvalue weighted by Gasteiger charge is 2.13. The molecule has 4 aromatic rings. The summed E-state index contributed by atoms with van der Waals surface area (Å²) in [6.45, 7) is 0. The molecule has 0 amide bonds. The SMILES string of the molecule is Clc1cc2cccnc2c2oc3ccccc3c12. The molecule has 2 aromatic heterocycles. The van der Waals surface area contributed by atoms with Crippen molar-refractivity contribution in [3.05, 3.63) is 53.7 Å². The average molecular weight is 254 g/mol. The molecule has 0 saturated carbocycles. The summed E-state index contributed by atoms with van der Waals surface area (Å²) in [5, 5.41) is 3.67. The first-order chi connectivity index (χ1) is 8.84. The number of para-hydroxylation sites is 1. The van der Waals surface area contributed by atoms with Crippen molar-refractivity contribution < 1.29 is 4.42 Å². The van der Waals surface area contributed by atoms with E-state index in [0.29, 0.717) is 5.02 Å². The van der Waals surface area contributed by atoms with Gasteiger partial charge in [-0.25, -0.2) is 0 Å². The molecule has 0 atom stereocenters. The van der Waals surface area contributed by atoms with E-state index in [1.54, 1.807) is 6.20 Å². The summed E-state index contributed by atoms with van der Waals surface area (Å²) in [4.78, 5) is 4.39. The lowest BCUT2D eigenvalue weighted by Crippen LogP contribution is -1.79. The Bertz CT molecular complexity index is 895. The number of fused-ring (bicyclic) bond motifs is 5. The van der Waals surface area contributed by atoms with Gasteiger partial charge in [0.05, 0.1) is 5.02 Å². The normalized spacial score (nSPS) is 11.6. The van der Waals surface area contributed by atoms with Crippen molar-refractivity contribution in [2.75, 3.05) is 0 Å². The molecule has 0 N–H and O–H groups in total. The van der Waals surface area contributed by atoms with Gasteiger partial charge in [0, 0.05) is 22.4 Å². The van der Waals surface area contributed by atoms with Crippen LogP contribution in [-0.2, 0) is 0 Å². The number of furan rings is 1. The maximum Gasteiger partial charge on any atom is 0.163 e. The third kappa shape index (κ3) is 1.21. The largest absolute Gasteiger partial charge is 0.454 e. The Morgan fingerprint density at radius 2 is 1.94 bits per heavy atom. The molecule has 0 spiro atoms. The van der Waals surface area contributed by atoms with Crippen molar-refractivity contribution >= 4 is 44.4 Å². The Labute approximate surface area is 108 Å². The molecule has 18 heavy (non-hydrogen) atoms. The maximum atomic E-state index is 6.37. The van der Waals surface area contributed by atoms with Crippen LogP contribution in [0.1, 0.15) is 0 Å². The summed E-state index contributed by atoms with van der Waals surface area (Å²) < 4.78 is 5.90. The van der Waals surface area contributed by atoms with Gasteiger partial charge in [0.2, 0.25) is 0 Å². The number of halogens is 1. The quantitative estimate of drug-likeness (QED) is 0.450. The molecule has 2 nitrogen and oxygen atoms in total. The molecule has 0 aliphatic heterocycles. The molecule has 0 fully saturated rings. The fourth-order valence-corrected chi connectivity index (χ4v) is 2.69. The summed E-state index contributed by atoms with van der Waals surface area (Å²) in [6, 6.07) is 13.7. The standard InChI is InChI=1S/C15H8ClNO/c16-11-8-9-4-3-7-17-14(9)15-13(11)10-5-1-2-6-12(10)18-15/h1-8H. The molecule has 0 radical (unpaired) electrons. The van der Waals surface area contributed by atoms with Crippen molar-refractivity contribution in [2.24, 2.45) is 0 Å². The predicted molar refractivity (Wildman–Crippen MR) is 74.0 cm³/mol. The molecule has 86 valence electrons. The molecule has 0 aliphatic carbocycles. The van der Waals surface area contributed by atoms with Crippen molar-refractivity contribution in [3.8, 4) is 0 Å². The van der Waals surface area contributed by atoms with Crippen molar-refractivity contribution in [3.63, 3.8) is 0 Å². The predicted octanol–water partition coefficient (Wildman–Crippen LogP) is 4.79. The van der Waals surface area contributed by atoms with E-state index in [-0.39, 0.29) is 0 Å². The van der Waals surface area contributed by atoms with Crippen LogP contribution in [0, 0.1) is 0 Å². The lowest BCUT2D eigenvalue weighted by molar-refractivity contribution is 0.671. The highest BCUT2D eigenvalue weighted by molar-refractivity contribution is 6.39. The van der Waals surface area contributed by atoms with Crippen LogP contribution in [0.5, 0.6) is 0 Å². The first-order valence-electron chi connectivity index (χ1n) is 5.69. The Kier molecular flexibility index (Phi) is 1.91. The van der Waals surface area contributed by atoms with Gasteiger partial charge >= 0.3 is 0 Å². The lowest BCUT2D eigenvalue weighted by atomic mass is 10.1. The molecular weight excluding hydrogens is 246 g/mol. The molecule has 4 rings (SSSR count). The zero-order valence-electron chi connectivity index (χ0n) is 9.35. The third-order valence-corrected chi connectivity index (χ3v) is 3.47. The van der Waals surface area contributed by atoms with E-state index in [0.717, 1.165) is 32.8 Å². The first-order valence-corrected chi connectivity index (χ1v) is 6.07. The Morgan fingerprint density at radius 1 is 1.06 bits per heavy atom. The van der Waals surface area contributed by atoms with E-state index >= 15 is 0 Å². The van der Waals surface area contributed by atoms with Gasteiger partial charge in [-0.2, -0.15) is 0 Å². The second kappa shape index (κ2) is 3.47. The lowest BCUT2D eigenvalue weighted by Gasteiger charge is -1.99. The molecule has 0 aliphatic rings. The molecular formula is C15H8ClNO. The van der Waals surface area contributed by atoms with Gasteiger partial charge in [-0.1, -0.05) is 35.9 Å². The molecule has 2 heterocycles. The summed E-state index contributed by atoms with van der Waals surface area (Å²) >= 11 is 6.37. The van der Waals surface area contributed by atoms with Gasteiger partial charge in [0.1, 0.15) is 11.1 Å². The van der Waals surface area contributed by atoms with Crippen LogP contribution in [0.3, 0.4) is 0 Å². The van der Waals surface area contributed by atoms with Crippen molar-refractivity contribution in [2.45, 2.75) is 0 Å². The van der Waals surface area contributed by atoms with Gasteiger partial charge in [-0.15, -0.1) is 0 Å². The zero-order chi connectivity index (χ0) is 12.1. The number of pyridine rings is 1. The smallest absolute Gasteiger partial charge is 0.163 e. The zero-order valence-corrected chi connectivity index (χ0v) is 10.1. The Balaban J connectivity index is 2.38. The van der Waals surface area contributed by atoms with E-state index in [1.165, 1.54) is 0 Å². The third-order valence-electron chi connectivity index (χ3n) is 3.17. The van der Waals surface area contributed by atoms with Crippen LogP contribution < -0.4 is 0 Å². The molecule has 3 heteroatoms. The Hall–Kier alpha value is -2.06. The monoisotopic (exact) mass is 253 g/mol. The van der Waals surface area contributed by atoms with Crippen LogP contribution in [0.15, 0.2) is 53.1 Å². The van der Waals surface area contributed by atoms with Gasteiger partial charge < -0.3 is 4.42 Å². The number of aromatic nitrogens is 1. The molecule has 0 unspecified atom stereocenters. The van der Waals surface area contributed by atoms with Crippen molar-refractivity contribution in [1.29, 1.82) is 0 Å². The Morgan fingerprint density at radius 3 is 2.89 bits per heavy atom. The number of rotatable bonds is 0. The minimum absolute atomic E-state index is 0.704. The van der Waals surface area contributed by atoms with Crippen LogP contribution in [0.4, 0.5) is 0 Å². The van der Waals surface area contributed by atoms with Gasteiger partial charge in [-0.05, 0) is 18.2 Å². The number of hydrogen-bond donors (Lipinski definition) is 0. The van der Waals surface area contributed by atoms with Gasteiger partial charge in [0.15, 0.2) is 5.58 Å². The minimum Gasteiger partial charge on any atom is -0.454 e. The van der Waals surface area contributed by atoms with Crippen LogP contribution in [0.2, 0.25) is 5.02 Å². The summed E-state index contributed by atoms with van der Waals surface area (Å²) in [7, 11) is 0. The van der Waals surface area contributed by atoms with Crippen LogP contribution in [0.25, 0.3) is 32.8 Å². The summed E-state index contributed by atoms with van der Waals surface area (Å²) in [5.41, 5.74) is 2.46. The summed E-state index contributed by atoms with van der Waals surface area (Å²) in [6.07, 6.45) is 1.77. The van der Waals surface area contributed by atoms with E-state index in [9.17, 15) is 0 Å². The molecule has 2 aromatic carbocycles. The minimum atomic E-state index is 0.704. The maximum absolute atomic E-state index is 6.37. The highest BCUT2D eigenvalue weighted by atomic mass is 35.5. The van der Waals surface area contributed by atoms with Crippen molar-refractivity contribution in [1.82, 2.24) is 4.98 Å². The second-order valence-electron chi connectivity index (χ2n) is 4.24. The fraction of sp³-hybridized carbons (Fsp3) is 0. The highest BCUT2D eigenvalue weighted by Crippen LogP contribution is 2.37. The van der Waals surface area contributed by atoms with E-state index in [2.05, 4.69) is 4.98 Å². The molecule has 0 bridgehead atoms. The van der Waals surface area contributed by atoms with Gasteiger partial charge in [0.25, 0.3) is 0 Å². The number of nitrogens with zero attached hydrogens (tertiary/aromatic N) is 1. The van der Waals surface area contributed by atoms with Crippen LogP contribution >= 0.6 is 11.6 Å². The first kappa shape index (κ1) is 9.92. The second-order valence-corrected chi connectivity index (χ2v) is 4.64. The van der Waals surface area contributed by atoms with E-state index in [1.807, 2.05) is 42.5 Å². The van der Waals surface area contributed by atoms with E-state index < -0.39 is 0 Å². The van der Waals surface area contributed by atoms with E-state index in [4.69, 9.17) is 16.0 Å². The summed E-state index contributed by atoms with van der Waals surface area (Å²) in [5.74, 6) is 0. The van der Waals surface area contributed by atoms with Gasteiger partial charge in [-0.3, -0.25) is 4.98 Å². The topological polar surface area (TPSA) is 26.0 Å². The average Bonchev–Trinajstić information content (AvgIpc) is 2.79. The van der Waals surface area contributed by atoms with Crippen LogP contribution in [-0.4, -0.2) is 4.98 Å².